The van der Waals surface area contributed by atoms with Gasteiger partial charge in [-0.05, 0) is 37.5 Å². The SMILES string of the molecule is COc1cc(C)c(S(=O)(=O)NC2CC(C(=O)O)C2)cc1Cl. The molecule has 0 heterocycles. The zero-order valence-corrected chi connectivity index (χ0v) is 13.2. The summed E-state index contributed by atoms with van der Waals surface area (Å²) in [5.41, 5.74) is 0.512. The Hall–Kier alpha value is -1.31. The Bertz CT molecular complexity index is 667. The number of nitrogens with one attached hydrogen (secondary N) is 1. The van der Waals surface area contributed by atoms with Crippen molar-refractivity contribution in [3.8, 4) is 5.75 Å². The lowest BCUT2D eigenvalue weighted by Gasteiger charge is -2.32. The fourth-order valence-electron chi connectivity index (χ4n) is 2.28. The zero-order valence-electron chi connectivity index (χ0n) is 11.6. The molecular weight excluding hydrogens is 318 g/mol. The third-order valence-electron chi connectivity index (χ3n) is 3.55. The number of carbonyl (C=O) groups is 1. The van der Waals surface area contributed by atoms with Gasteiger partial charge in [0, 0.05) is 6.04 Å². The van der Waals surface area contributed by atoms with E-state index in [9.17, 15) is 13.2 Å². The van der Waals surface area contributed by atoms with Crippen LogP contribution >= 0.6 is 11.6 Å². The molecule has 1 aliphatic carbocycles. The summed E-state index contributed by atoms with van der Waals surface area (Å²) in [4.78, 5) is 10.8. The van der Waals surface area contributed by atoms with Gasteiger partial charge in [0.25, 0.3) is 0 Å². The molecule has 1 saturated carbocycles. The number of methoxy groups -OCH3 is 1. The number of aliphatic carboxylic acids is 1. The Morgan fingerprint density at radius 3 is 2.57 bits per heavy atom. The Morgan fingerprint density at radius 1 is 1.43 bits per heavy atom. The van der Waals surface area contributed by atoms with Crippen LogP contribution in [0.4, 0.5) is 0 Å². The lowest BCUT2D eigenvalue weighted by Crippen LogP contribution is -2.46. The van der Waals surface area contributed by atoms with Crippen LogP contribution in [0, 0.1) is 12.8 Å². The highest BCUT2D eigenvalue weighted by molar-refractivity contribution is 7.89. The van der Waals surface area contributed by atoms with Gasteiger partial charge in [-0.25, -0.2) is 13.1 Å². The van der Waals surface area contributed by atoms with Crippen molar-refractivity contribution in [3.63, 3.8) is 0 Å². The molecule has 0 spiro atoms. The van der Waals surface area contributed by atoms with Crippen molar-refractivity contribution in [2.24, 2.45) is 5.92 Å². The Kier molecular flexibility index (Phi) is 4.46. The number of rotatable bonds is 5. The molecule has 1 aromatic rings. The summed E-state index contributed by atoms with van der Waals surface area (Å²) in [7, 11) is -2.28. The maximum Gasteiger partial charge on any atom is 0.306 e. The Labute approximate surface area is 128 Å². The summed E-state index contributed by atoms with van der Waals surface area (Å²) in [6.07, 6.45) is 0.606. The van der Waals surface area contributed by atoms with E-state index in [0.29, 0.717) is 24.2 Å². The number of carboxylic acids is 1. The summed E-state index contributed by atoms with van der Waals surface area (Å²) < 4.78 is 32.2. The van der Waals surface area contributed by atoms with Crippen LogP contribution in [0.15, 0.2) is 17.0 Å². The number of carboxylic acid groups (broad SMARTS) is 1. The van der Waals surface area contributed by atoms with Gasteiger partial charge in [-0.1, -0.05) is 11.6 Å². The van der Waals surface area contributed by atoms with Crippen molar-refractivity contribution in [3.05, 3.63) is 22.7 Å². The topological polar surface area (TPSA) is 92.7 Å². The largest absolute Gasteiger partial charge is 0.495 e. The predicted molar refractivity (Wildman–Crippen MR) is 77.2 cm³/mol. The number of ether oxygens (including phenoxy) is 1. The van der Waals surface area contributed by atoms with Crippen LogP contribution in [0.25, 0.3) is 0 Å². The number of hydrogen-bond acceptors (Lipinski definition) is 4. The molecule has 0 aromatic heterocycles. The van der Waals surface area contributed by atoms with Crippen molar-refractivity contribution < 1.29 is 23.1 Å². The quantitative estimate of drug-likeness (QED) is 0.857. The monoisotopic (exact) mass is 333 g/mol. The lowest BCUT2D eigenvalue weighted by atomic mass is 9.81. The maximum absolute atomic E-state index is 12.3. The highest BCUT2D eigenvalue weighted by Crippen LogP contribution is 2.32. The molecule has 0 aliphatic heterocycles. The third-order valence-corrected chi connectivity index (χ3v) is 5.51. The molecule has 2 rings (SSSR count). The molecule has 0 atom stereocenters. The summed E-state index contributed by atoms with van der Waals surface area (Å²) in [5.74, 6) is -0.963. The number of sulfonamides is 1. The molecule has 0 amide bonds. The van der Waals surface area contributed by atoms with Gasteiger partial charge in [-0.3, -0.25) is 4.79 Å². The van der Waals surface area contributed by atoms with Crippen LogP contribution in [-0.4, -0.2) is 32.6 Å². The van der Waals surface area contributed by atoms with Crippen LogP contribution < -0.4 is 9.46 Å². The molecule has 0 bridgehead atoms. The number of benzene rings is 1. The Balaban J connectivity index is 2.17. The minimum atomic E-state index is -3.73. The maximum atomic E-state index is 12.3. The van der Waals surface area contributed by atoms with E-state index >= 15 is 0 Å². The highest BCUT2D eigenvalue weighted by atomic mass is 35.5. The lowest BCUT2D eigenvalue weighted by molar-refractivity contribution is -0.145. The summed E-state index contributed by atoms with van der Waals surface area (Å²) >= 11 is 5.96. The molecule has 1 fully saturated rings. The average molecular weight is 334 g/mol. The molecule has 116 valence electrons. The molecule has 21 heavy (non-hydrogen) atoms. The Morgan fingerprint density at radius 2 is 2.05 bits per heavy atom. The second-order valence-electron chi connectivity index (χ2n) is 5.08. The molecule has 1 aliphatic rings. The van der Waals surface area contributed by atoms with Gasteiger partial charge < -0.3 is 9.84 Å². The van der Waals surface area contributed by atoms with Gasteiger partial charge in [0.2, 0.25) is 10.0 Å². The average Bonchev–Trinajstić information content (AvgIpc) is 2.35. The van der Waals surface area contributed by atoms with Crippen molar-refractivity contribution in [1.29, 1.82) is 0 Å². The fraction of sp³-hybridized carbons (Fsp3) is 0.462. The third kappa shape index (κ3) is 3.30. The van der Waals surface area contributed by atoms with Crippen LogP contribution in [0.5, 0.6) is 5.75 Å². The molecular formula is C13H16ClNO5S. The first-order valence-corrected chi connectivity index (χ1v) is 8.20. The summed E-state index contributed by atoms with van der Waals surface area (Å²) in [6, 6.07) is 2.54. The van der Waals surface area contributed by atoms with E-state index < -0.39 is 21.9 Å². The van der Waals surface area contributed by atoms with E-state index in [1.807, 2.05) is 0 Å². The summed E-state index contributed by atoms with van der Waals surface area (Å²) in [5, 5.41) is 9.00. The van der Waals surface area contributed by atoms with Gasteiger partial charge in [-0.2, -0.15) is 0 Å². The van der Waals surface area contributed by atoms with Crippen LogP contribution in [0.2, 0.25) is 5.02 Å². The van der Waals surface area contributed by atoms with Crippen molar-refractivity contribution in [2.75, 3.05) is 7.11 Å². The van der Waals surface area contributed by atoms with Crippen molar-refractivity contribution >= 4 is 27.6 Å². The molecule has 2 N–H and O–H groups in total. The van der Waals surface area contributed by atoms with Gasteiger partial charge in [0.15, 0.2) is 0 Å². The first-order valence-electron chi connectivity index (χ1n) is 6.34. The van der Waals surface area contributed by atoms with E-state index in [2.05, 4.69) is 4.72 Å². The molecule has 0 unspecified atom stereocenters. The van der Waals surface area contributed by atoms with E-state index in [-0.39, 0.29) is 16.0 Å². The van der Waals surface area contributed by atoms with Gasteiger partial charge >= 0.3 is 5.97 Å². The number of aryl methyl sites for hydroxylation is 1. The smallest absolute Gasteiger partial charge is 0.306 e. The first kappa shape index (κ1) is 16.1. The molecule has 8 heteroatoms. The van der Waals surface area contributed by atoms with E-state index in [1.54, 1.807) is 13.0 Å². The number of hydrogen-bond donors (Lipinski definition) is 2. The van der Waals surface area contributed by atoms with Crippen LogP contribution in [0.1, 0.15) is 18.4 Å². The standard InChI is InChI=1S/C13H16ClNO5S/c1-7-3-11(20-2)10(14)6-12(7)21(18,19)15-9-4-8(5-9)13(16)17/h3,6,8-9,15H,4-5H2,1-2H3,(H,16,17). The predicted octanol–water partition coefficient (Wildman–Crippen LogP) is 1.80. The number of halogens is 1. The molecule has 0 saturated heterocycles. The zero-order chi connectivity index (χ0) is 15.8. The molecule has 6 nitrogen and oxygen atoms in total. The van der Waals surface area contributed by atoms with Crippen LogP contribution in [0.3, 0.4) is 0 Å². The van der Waals surface area contributed by atoms with E-state index in [1.165, 1.54) is 13.2 Å². The minimum absolute atomic E-state index is 0.0760. The second-order valence-corrected chi connectivity index (χ2v) is 7.17. The van der Waals surface area contributed by atoms with Gasteiger partial charge in [-0.15, -0.1) is 0 Å². The highest BCUT2D eigenvalue weighted by Gasteiger charge is 2.37. The normalized spacial score (nSPS) is 21.7. The van der Waals surface area contributed by atoms with E-state index in [4.69, 9.17) is 21.4 Å². The van der Waals surface area contributed by atoms with E-state index in [0.717, 1.165) is 0 Å². The van der Waals surface area contributed by atoms with Crippen molar-refractivity contribution in [2.45, 2.75) is 30.7 Å². The molecule has 1 aromatic carbocycles. The van der Waals surface area contributed by atoms with Gasteiger partial charge in [0.1, 0.15) is 5.75 Å². The minimum Gasteiger partial charge on any atom is -0.495 e. The fourth-order valence-corrected chi connectivity index (χ4v) is 4.10. The van der Waals surface area contributed by atoms with Crippen LogP contribution in [-0.2, 0) is 14.8 Å². The first-order chi connectivity index (χ1) is 9.74. The van der Waals surface area contributed by atoms with Gasteiger partial charge in [0.05, 0.1) is 22.9 Å². The molecule has 0 radical (unpaired) electrons. The summed E-state index contributed by atoms with van der Waals surface area (Å²) in [6.45, 7) is 1.65. The van der Waals surface area contributed by atoms with Crippen molar-refractivity contribution in [1.82, 2.24) is 4.72 Å². The second kappa shape index (κ2) is 5.82.